The number of hydrogen-bond donors (Lipinski definition) is 2. The van der Waals surface area contributed by atoms with Crippen molar-refractivity contribution in [3.63, 3.8) is 0 Å². The van der Waals surface area contributed by atoms with Gasteiger partial charge in [-0.2, -0.15) is 0 Å². The normalized spacial score (nSPS) is 18.0. The molecule has 1 fully saturated rings. The summed E-state index contributed by atoms with van der Waals surface area (Å²) in [4.78, 5) is 31.1. The number of amides is 2. The lowest BCUT2D eigenvalue weighted by Gasteiger charge is -2.11. The van der Waals surface area contributed by atoms with Gasteiger partial charge in [-0.3, -0.25) is 9.59 Å². The minimum atomic E-state index is -1.33. The van der Waals surface area contributed by atoms with Crippen LogP contribution in [0.4, 0.5) is 11.4 Å². The van der Waals surface area contributed by atoms with E-state index < -0.39 is 28.0 Å². The summed E-state index contributed by atoms with van der Waals surface area (Å²) in [5.41, 5.74) is 3.33. The van der Waals surface area contributed by atoms with Gasteiger partial charge in [0, 0.05) is 27.3 Å². The number of carbonyl (C=O) groups is 2. The average molecular weight is 614 g/mol. The quantitative estimate of drug-likeness (QED) is 0.153. The first-order valence-electron chi connectivity index (χ1n) is 11.5. The summed E-state index contributed by atoms with van der Waals surface area (Å²) in [6.45, 7) is 4.15. The average Bonchev–Trinajstić information content (AvgIpc) is 3.45. The molecule has 3 aromatic rings. The van der Waals surface area contributed by atoms with Gasteiger partial charge in [0.25, 0.3) is 5.91 Å². The third-order valence-corrected chi connectivity index (χ3v) is 7.66. The van der Waals surface area contributed by atoms with E-state index in [1.165, 1.54) is 12.1 Å². The van der Waals surface area contributed by atoms with E-state index in [4.69, 9.17) is 62.8 Å². The van der Waals surface area contributed by atoms with Crippen molar-refractivity contribution >= 4 is 86.9 Å². The van der Waals surface area contributed by atoms with Crippen LogP contribution in [0.15, 0.2) is 65.8 Å². The summed E-state index contributed by atoms with van der Waals surface area (Å²) in [7, 11) is 0. The first-order valence-corrected chi connectivity index (χ1v) is 13.4. The van der Waals surface area contributed by atoms with E-state index in [0.29, 0.717) is 39.3 Å². The topological polar surface area (TPSA) is 79.8 Å². The van der Waals surface area contributed by atoms with Crippen LogP contribution < -0.4 is 10.6 Å². The molecule has 1 saturated carbocycles. The third kappa shape index (κ3) is 6.38. The molecule has 0 saturated heterocycles. The monoisotopic (exact) mass is 611 g/mol. The van der Waals surface area contributed by atoms with Gasteiger partial charge in [0.05, 0.1) is 22.2 Å². The molecule has 1 aliphatic rings. The summed E-state index contributed by atoms with van der Waals surface area (Å²) in [5, 5.41) is 10.6. The highest BCUT2D eigenvalue weighted by atomic mass is 35.5. The van der Waals surface area contributed by atoms with Gasteiger partial charge in [-0.15, -0.1) is 23.2 Å². The molecule has 6 nitrogen and oxygen atoms in total. The molecule has 1 aliphatic carbocycles. The second-order valence-electron chi connectivity index (χ2n) is 8.64. The fraction of sp³-hybridized carbons (Fsp3) is 0.222. The Morgan fingerprint density at radius 1 is 0.921 bits per heavy atom. The molecule has 11 heteroatoms. The lowest BCUT2D eigenvalue weighted by molar-refractivity contribution is -0.117. The van der Waals surface area contributed by atoms with E-state index in [1.807, 2.05) is 26.0 Å². The smallest absolute Gasteiger partial charge is 0.257 e. The zero-order valence-corrected chi connectivity index (χ0v) is 24.0. The number of alkyl halides is 2. The van der Waals surface area contributed by atoms with Gasteiger partial charge in [-0.25, -0.2) is 0 Å². The van der Waals surface area contributed by atoms with E-state index in [0.717, 1.165) is 5.56 Å². The molecule has 2 unspecified atom stereocenters. The number of oxime groups is 1. The molecular weight excluding hydrogens is 592 g/mol. The molecule has 3 aromatic carbocycles. The van der Waals surface area contributed by atoms with Crippen molar-refractivity contribution in [3.8, 4) is 0 Å². The second kappa shape index (κ2) is 11.7. The van der Waals surface area contributed by atoms with Crippen LogP contribution in [0.2, 0.25) is 15.1 Å². The SMILES string of the molecule is CCO/N=C(\C)c1ccc(NC(=O)c2cc(NC(=O)C3C(c4cc(Cl)cc(Cl)c4)C3(Cl)Cl)ccc2Cl)cc1. The van der Waals surface area contributed by atoms with Gasteiger partial charge in [0.1, 0.15) is 10.9 Å². The highest BCUT2D eigenvalue weighted by Crippen LogP contribution is 2.65. The van der Waals surface area contributed by atoms with Crippen molar-refractivity contribution in [2.24, 2.45) is 11.1 Å². The van der Waals surface area contributed by atoms with Crippen molar-refractivity contribution in [2.75, 3.05) is 17.2 Å². The minimum absolute atomic E-state index is 0.180. The number of nitrogens with one attached hydrogen (secondary N) is 2. The van der Waals surface area contributed by atoms with Crippen molar-refractivity contribution in [3.05, 3.63) is 92.4 Å². The lowest BCUT2D eigenvalue weighted by atomic mass is 10.1. The van der Waals surface area contributed by atoms with Crippen molar-refractivity contribution in [1.82, 2.24) is 0 Å². The maximum Gasteiger partial charge on any atom is 0.257 e. The second-order valence-corrected chi connectivity index (χ2v) is 11.4. The van der Waals surface area contributed by atoms with Crippen LogP contribution in [0.5, 0.6) is 0 Å². The van der Waals surface area contributed by atoms with Gasteiger partial charge < -0.3 is 15.5 Å². The Hall–Kier alpha value is -2.48. The number of anilines is 2. The van der Waals surface area contributed by atoms with Crippen LogP contribution in [-0.4, -0.2) is 28.5 Å². The Bertz CT molecular complexity index is 1390. The number of halogens is 5. The van der Waals surface area contributed by atoms with E-state index in [-0.39, 0.29) is 10.6 Å². The van der Waals surface area contributed by atoms with Gasteiger partial charge in [0.15, 0.2) is 0 Å². The summed E-state index contributed by atoms with van der Waals surface area (Å²) in [6.07, 6.45) is 0. The predicted octanol–water partition coefficient (Wildman–Crippen LogP) is 8.19. The number of benzene rings is 3. The van der Waals surface area contributed by atoms with Crippen molar-refractivity contribution in [1.29, 1.82) is 0 Å². The third-order valence-electron chi connectivity index (χ3n) is 5.95. The van der Waals surface area contributed by atoms with Crippen LogP contribution in [0.25, 0.3) is 0 Å². The van der Waals surface area contributed by atoms with E-state index >= 15 is 0 Å². The molecule has 2 N–H and O–H groups in total. The zero-order chi connectivity index (χ0) is 27.6. The van der Waals surface area contributed by atoms with Gasteiger partial charge in [-0.1, -0.05) is 52.1 Å². The first-order chi connectivity index (χ1) is 18.0. The molecule has 0 spiro atoms. The zero-order valence-electron chi connectivity index (χ0n) is 20.2. The molecule has 0 aromatic heterocycles. The largest absolute Gasteiger partial charge is 0.396 e. The molecule has 0 aliphatic heterocycles. The van der Waals surface area contributed by atoms with Gasteiger partial charge in [0.2, 0.25) is 5.91 Å². The standard InChI is InChI=1S/C27H22Cl5N3O3/c1-3-38-35-14(2)15-4-6-19(7-5-15)33-25(36)21-13-20(8-9-22(21)30)34-26(37)24-23(27(24,31)32)16-10-17(28)12-18(29)11-16/h4-13,23-24H,3H2,1-2H3,(H,33,36)(H,34,37)/b35-14+. The Kier molecular flexibility index (Phi) is 8.80. The van der Waals surface area contributed by atoms with Crippen LogP contribution in [-0.2, 0) is 9.63 Å². The molecule has 198 valence electrons. The van der Waals surface area contributed by atoms with Crippen LogP contribution in [0, 0.1) is 5.92 Å². The minimum Gasteiger partial charge on any atom is -0.396 e. The number of rotatable bonds is 8. The van der Waals surface area contributed by atoms with Crippen LogP contribution >= 0.6 is 58.0 Å². The molecule has 0 bridgehead atoms. The highest BCUT2D eigenvalue weighted by molar-refractivity contribution is 6.53. The molecule has 4 rings (SSSR count). The predicted molar refractivity (Wildman–Crippen MR) is 155 cm³/mol. The maximum atomic E-state index is 13.1. The molecule has 0 heterocycles. The van der Waals surface area contributed by atoms with Gasteiger partial charge in [-0.05, 0) is 73.5 Å². The van der Waals surface area contributed by atoms with Gasteiger partial charge >= 0.3 is 0 Å². The molecule has 2 amide bonds. The fourth-order valence-electron chi connectivity index (χ4n) is 4.03. The summed E-state index contributed by atoms with van der Waals surface area (Å²) in [6, 6.07) is 16.7. The van der Waals surface area contributed by atoms with E-state index in [2.05, 4.69) is 15.8 Å². The summed E-state index contributed by atoms with van der Waals surface area (Å²) < 4.78 is -1.33. The molecule has 2 atom stereocenters. The fourth-order valence-corrected chi connectivity index (χ4v) is 5.60. The number of nitrogens with zero attached hydrogens (tertiary/aromatic N) is 1. The Morgan fingerprint density at radius 3 is 2.18 bits per heavy atom. The maximum absolute atomic E-state index is 13.1. The van der Waals surface area contributed by atoms with Crippen molar-refractivity contribution < 1.29 is 14.4 Å². The van der Waals surface area contributed by atoms with Crippen molar-refractivity contribution in [2.45, 2.75) is 24.1 Å². The first kappa shape index (κ1) is 28.5. The molecule has 0 radical (unpaired) electrons. The summed E-state index contributed by atoms with van der Waals surface area (Å²) in [5.74, 6) is -2.10. The van der Waals surface area contributed by atoms with E-state index in [9.17, 15) is 9.59 Å². The van der Waals surface area contributed by atoms with E-state index in [1.54, 1.807) is 36.4 Å². The number of hydrogen-bond acceptors (Lipinski definition) is 4. The highest BCUT2D eigenvalue weighted by Gasteiger charge is 2.67. The number of carbonyl (C=O) groups excluding carboxylic acids is 2. The Morgan fingerprint density at radius 2 is 1.55 bits per heavy atom. The molecular formula is C27H22Cl5N3O3. The molecule has 38 heavy (non-hydrogen) atoms. The lowest BCUT2D eigenvalue weighted by Crippen LogP contribution is -2.18. The van der Waals surface area contributed by atoms with Crippen LogP contribution in [0.3, 0.4) is 0 Å². The Balaban J connectivity index is 1.46. The Labute approximate surface area is 245 Å². The van der Waals surface area contributed by atoms with Crippen LogP contribution in [0.1, 0.15) is 41.3 Å². The summed E-state index contributed by atoms with van der Waals surface area (Å²) >= 11 is 31.4.